The van der Waals surface area contributed by atoms with Gasteiger partial charge in [-0.15, -0.1) is 0 Å². The van der Waals surface area contributed by atoms with Crippen LogP contribution in [0.4, 0.5) is 5.69 Å². The van der Waals surface area contributed by atoms with E-state index >= 15 is 0 Å². The number of hydrogen-bond acceptors (Lipinski definition) is 2. The van der Waals surface area contributed by atoms with Crippen LogP contribution in [0.5, 0.6) is 0 Å². The molecule has 1 aliphatic heterocycles. The minimum atomic E-state index is 0.0512. The molecule has 4 heteroatoms. The first-order valence-corrected chi connectivity index (χ1v) is 7.76. The third-order valence-electron chi connectivity index (χ3n) is 4.32. The third kappa shape index (κ3) is 3.26. The maximum absolute atomic E-state index is 7.76. The monoisotopic (exact) mass is 293 g/mol. The van der Waals surface area contributed by atoms with Crippen molar-refractivity contribution in [2.45, 2.75) is 33.1 Å². The summed E-state index contributed by atoms with van der Waals surface area (Å²) in [6, 6.07) is 5.77. The molecule has 0 amide bonds. The SMILES string of the molecule is CC(C)C1CCCN(c2cccc(Cl)c2C(=N)N)CC1. The molecular weight excluding hydrogens is 270 g/mol. The van der Waals surface area contributed by atoms with Crippen LogP contribution < -0.4 is 10.6 Å². The highest BCUT2D eigenvalue weighted by molar-refractivity contribution is 6.34. The Balaban J connectivity index is 2.24. The number of benzene rings is 1. The molecule has 0 spiro atoms. The Kier molecular flexibility index (Phi) is 4.92. The molecule has 3 nitrogen and oxygen atoms in total. The molecule has 1 atom stereocenters. The summed E-state index contributed by atoms with van der Waals surface area (Å²) in [7, 11) is 0. The molecule has 2 rings (SSSR count). The van der Waals surface area contributed by atoms with Crippen LogP contribution in [-0.2, 0) is 0 Å². The molecular formula is C16H24ClN3. The summed E-state index contributed by atoms with van der Waals surface area (Å²) in [4.78, 5) is 2.34. The van der Waals surface area contributed by atoms with E-state index in [1.54, 1.807) is 6.07 Å². The van der Waals surface area contributed by atoms with Crippen molar-refractivity contribution in [1.82, 2.24) is 0 Å². The number of nitrogens with two attached hydrogens (primary N) is 1. The molecule has 1 heterocycles. The molecule has 0 radical (unpaired) electrons. The fourth-order valence-corrected chi connectivity index (χ4v) is 3.34. The van der Waals surface area contributed by atoms with Crippen LogP contribution in [0.3, 0.4) is 0 Å². The fraction of sp³-hybridized carbons (Fsp3) is 0.562. The normalized spacial score (nSPS) is 20.0. The zero-order chi connectivity index (χ0) is 14.7. The number of nitrogens with one attached hydrogen (secondary N) is 1. The van der Waals surface area contributed by atoms with Crippen molar-refractivity contribution in [2.75, 3.05) is 18.0 Å². The zero-order valence-electron chi connectivity index (χ0n) is 12.3. The van der Waals surface area contributed by atoms with E-state index in [1.807, 2.05) is 12.1 Å². The largest absolute Gasteiger partial charge is 0.384 e. The number of halogens is 1. The summed E-state index contributed by atoms with van der Waals surface area (Å²) in [5.74, 6) is 1.58. The Labute approximate surface area is 126 Å². The number of nitrogen functional groups attached to an aromatic ring is 1. The van der Waals surface area contributed by atoms with E-state index in [-0.39, 0.29) is 5.84 Å². The summed E-state index contributed by atoms with van der Waals surface area (Å²) in [5, 5.41) is 8.33. The van der Waals surface area contributed by atoms with Gasteiger partial charge in [-0.2, -0.15) is 0 Å². The van der Waals surface area contributed by atoms with E-state index < -0.39 is 0 Å². The molecule has 110 valence electrons. The second kappa shape index (κ2) is 6.49. The van der Waals surface area contributed by atoms with Crippen LogP contribution >= 0.6 is 11.6 Å². The molecule has 3 N–H and O–H groups in total. The molecule has 1 aromatic rings. The average molecular weight is 294 g/mol. The van der Waals surface area contributed by atoms with E-state index in [0.29, 0.717) is 10.6 Å². The van der Waals surface area contributed by atoms with Gasteiger partial charge in [-0.1, -0.05) is 31.5 Å². The van der Waals surface area contributed by atoms with Gasteiger partial charge in [0.2, 0.25) is 0 Å². The fourth-order valence-electron chi connectivity index (χ4n) is 3.07. The summed E-state index contributed by atoms with van der Waals surface area (Å²) in [5.41, 5.74) is 7.40. The van der Waals surface area contributed by atoms with Crippen molar-refractivity contribution in [2.24, 2.45) is 17.6 Å². The Bertz CT molecular complexity index is 485. The predicted molar refractivity (Wildman–Crippen MR) is 86.9 cm³/mol. The van der Waals surface area contributed by atoms with E-state index in [2.05, 4.69) is 18.7 Å². The molecule has 1 saturated heterocycles. The molecule has 1 unspecified atom stereocenters. The van der Waals surface area contributed by atoms with Crippen LogP contribution in [-0.4, -0.2) is 18.9 Å². The Morgan fingerprint density at radius 3 is 2.75 bits per heavy atom. The first-order valence-electron chi connectivity index (χ1n) is 7.38. The van der Waals surface area contributed by atoms with Gasteiger partial charge in [-0.05, 0) is 43.2 Å². The van der Waals surface area contributed by atoms with E-state index in [9.17, 15) is 0 Å². The van der Waals surface area contributed by atoms with Gasteiger partial charge in [-0.3, -0.25) is 5.41 Å². The van der Waals surface area contributed by atoms with Crippen molar-refractivity contribution in [3.05, 3.63) is 28.8 Å². The summed E-state index contributed by atoms with van der Waals surface area (Å²) < 4.78 is 0. The second-order valence-corrected chi connectivity index (χ2v) is 6.38. The van der Waals surface area contributed by atoms with Gasteiger partial charge < -0.3 is 10.6 Å². The van der Waals surface area contributed by atoms with Gasteiger partial charge in [0.15, 0.2) is 0 Å². The smallest absolute Gasteiger partial charge is 0.126 e. The van der Waals surface area contributed by atoms with Gasteiger partial charge in [0.05, 0.1) is 10.6 Å². The molecule has 20 heavy (non-hydrogen) atoms. The lowest BCUT2D eigenvalue weighted by molar-refractivity contribution is 0.351. The average Bonchev–Trinajstić information content (AvgIpc) is 2.63. The molecule has 0 aromatic heterocycles. The Morgan fingerprint density at radius 1 is 1.35 bits per heavy atom. The van der Waals surface area contributed by atoms with Gasteiger partial charge in [0, 0.05) is 18.8 Å². The lowest BCUT2D eigenvalue weighted by atomic mass is 9.89. The van der Waals surface area contributed by atoms with Gasteiger partial charge in [-0.25, -0.2) is 0 Å². The maximum atomic E-state index is 7.76. The number of anilines is 1. The maximum Gasteiger partial charge on any atom is 0.126 e. The van der Waals surface area contributed by atoms with E-state index in [0.717, 1.165) is 30.6 Å². The topological polar surface area (TPSA) is 53.1 Å². The van der Waals surface area contributed by atoms with E-state index in [4.69, 9.17) is 22.7 Å². The lowest BCUT2D eigenvalue weighted by Crippen LogP contribution is -2.28. The predicted octanol–water partition coefficient (Wildman–Crippen LogP) is 3.89. The molecule has 1 aromatic carbocycles. The molecule has 0 bridgehead atoms. The number of nitrogens with zero attached hydrogens (tertiary/aromatic N) is 1. The molecule has 1 aliphatic rings. The van der Waals surface area contributed by atoms with Crippen molar-refractivity contribution >= 4 is 23.1 Å². The molecule has 1 fully saturated rings. The van der Waals surface area contributed by atoms with Crippen LogP contribution in [0.25, 0.3) is 0 Å². The minimum Gasteiger partial charge on any atom is -0.384 e. The van der Waals surface area contributed by atoms with Gasteiger partial charge in [0.1, 0.15) is 5.84 Å². The first kappa shape index (κ1) is 15.2. The van der Waals surface area contributed by atoms with Crippen molar-refractivity contribution < 1.29 is 0 Å². The lowest BCUT2D eigenvalue weighted by Gasteiger charge is -2.26. The third-order valence-corrected chi connectivity index (χ3v) is 4.63. The van der Waals surface area contributed by atoms with Gasteiger partial charge >= 0.3 is 0 Å². The Hall–Kier alpha value is -1.22. The summed E-state index contributed by atoms with van der Waals surface area (Å²) in [6.07, 6.45) is 3.67. The summed E-state index contributed by atoms with van der Waals surface area (Å²) in [6.45, 7) is 6.65. The standard InChI is InChI=1S/C16H24ClN3/c1-11(2)12-5-4-9-20(10-8-12)14-7-3-6-13(17)15(14)16(18)19/h3,6-7,11-12H,4-5,8-10H2,1-2H3,(H3,18,19). The number of rotatable bonds is 3. The van der Waals surface area contributed by atoms with E-state index in [1.165, 1.54) is 19.3 Å². The highest BCUT2D eigenvalue weighted by Crippen LogP contribution is 2.31. The first-order chi connectivity index (χ1) is 9.50. The van der Waals surface area contributed by atoms with Crippen LogP contribution in [0.2, 0.25) is 5.02 Å². The molecule has 0 aliphatic carbocycles. The highest BCUT2D eigenvalue weighted by Gasteiger charge is 2.22. The summed E-state index contributed by atoms with van der Waals surface area (Å²) >= 11 is 6.22. The zero-order valence-corrected chi connectivity index (χ0v) is 13.1. The number of hydrogen-bond donors (Lipinski definition) is 2. The quantitative estimate of drug-likeness (QED) is 0.656. The number of amidine groups is 1. The highest BCUT2D eigenvalue weighted by atomic mass is 35.5. The van der Waals surface area contributed by atoms with Crippen molar-refractivity contribution in [1.29, 1.82) is 5.41 Å². The minimum absolute atomic E-state index is 0.0512. The molecule has 0 saturated carbocycles. The Morgan fingerprint density at radius 2 is 2.10 bits per heavy atom. The van der Waals surface area contributed by atoms with Crippen LogP contribution in [0.15, 0.2) is 18.2 Å². The van der Waals surface area contributed by atoms with Crippen molar-refractivity contribution in [3.63, 3.8) is 0 Å². The van der Waals surface area contributed by atoms with Crippen LogP contribution in [0, 0.1) is 17.2 Å². The second-order valence-electron chi connectivity index (χ2n) is 5.97. The van der Waals surface area contributed by atoms with Crippen molar-refractivity contribution in [3.8, 4) is 0 Å². The van der Waals surface area contributed by atoms with Crippen LogP contribution in [0.1, 0.15) is 38.7 Å². The van der Waals surface area contributed by atoms with Gasteiger partial charge in [0.25, 0.3) is 0 Å².